The van der Waals surface area contributed by atoms with Crippen molar-refractivity contribution in [2.24, 2.45) is 0 Å². The Labute approximate surface area is 115 Å². The van der Waals surface area contributed by atoms with E-state index >= 15 is 0 Å². The van der Waals surface area contributed by atoms with E-state index in [1.165, 1.54) is 34.9 Å². The van der Waals surface area contributed by atoms with Crippen molar-refractivity contribution in [3.8, 4) is 0 Å². The van der Waals surface area contributed by atoms with Crippen molar-refractivity contribution >= 4 is 11.8 Å². The van der Waals surface area contributed by atoms with Crippen molar-refractivity contribution in [3.05, 3.63) is 23.0 Å². The van der Waals surface area contributed by atoms with Crippen molar-refractivity contribution in [1.29, 1.82) is 0 Å². The van der Waals surface area contributed by atoms with Gasteiger partial charge in [-0.05, 0) is 57.1 Å². The molecule has 3 heteroatoms. The van der Waals surface area contributed by atoms with E-state index in [4.69, 9.17) is 0 Å². The first-order chi connectivity index (χ1) is 8.65. The smallest absolute Gasteiger partial charge is 0.0807 e. The zero-order valence-electron chi connectivity index (χ0n) is 11.8. The fraction of sp³-hybridized carbons (Fsp3) is 0.733. The highest BCUT2D eigenvalue weighted by Crippen LogP contribution is 2.34. The summed E-state index contributed by atoms with van der Waals surface area (Å²) in [6.45, 7) is 6.70. The molecular weight excluding hydrogens is 242 g/mol. The van der Waals surface area contributed by atoms with Gasteiger partial charge in [-0.2, -0.15) is 11.8 Å². The summed E-state index contributed by atoms with van der Waals surface area (Å²) < 4.78 is 2.47. The third kappa shape index (κ3) is 2.77. The number of rotatable bonds is 5. The van der Waals surface area contributed by atoms with Crippen molar-refractivity contribution in [3.63, 3.8) is 0 Å². The molecule has 0 amide bonds. The van der Waals surface area contributed by atoms with E-state index < -0.39 is 0 Å². The summed E-state index contributed by atoms with van der Waals surface area (Å²) in [6, 6.07) is 2.75. The number of nitrogens with zero attached hydrogens (tertiary/aromatic N) is 1. The Bertz CT molecular complexity index is 399. The van der Waals surface area contributed by atoms with E-state index in [-0.39, 0.29) is 6.10 Å². The normalized spacial score (nSPS) is 20.8. The zero-order valence-corrected chi connectivity index (χ0v) is 12.6. The van der Waals surface area contributed by atoms with Crippen LogP contribution in [0.5, 0.6) is 0 Å². The van der Waals surface area contributed by atoms with Crippen LogP contribution in [0.25, 0.3) is 0 Å². The predicted octanol–water partition coefficient (Wildman–Crippen LogP) is 3.87. The Kier molecular flexibility index (Phi) is 4.79. The van der Waals surface area contributed by atoms with E-state index in [9.17, 15) is 5.11 Å². The van der Waals surface area contributed by atoms with Crippen LogP contribution in [0.1, 0.15) is 62.2 Å². The highest BCUT2D eigenvalue weighted by atomic mass is 32.2. The van der Waals surface area contributed by atoms with Gasteiger partial charge in [-0.15, -0.1) is 0 Å². The minimum absolute atomic E-state index is 0.231. The van der Waals surface area contributed by atoms with Gasteiger partial charge in [0.25, 0.3) is 0 Å². The van der Waals surface area contributed by atoms with Gasteiger partial charge in [0.15, 0.2) is 0 Å². The van der Waals surface area contributed by atoms with Crippen molar-refractivity contribution < 1.29 is 5.11 Å². The average Bonchev–Trinajstić information content (AvgIpc) is 2.67. The largest absolute Gasteiger partial charge is 0.388 e. The van der Waals surface area contributed by atoms with Gasteiger partial charge in [0.2, 0.25) is 0 Å². The molecule has 2 atom stereocenters. The summed E-state index contributed by atoms with van der Waals surface area (Å²) >= 11 is 2.01. The number of hydrogen-bond donors (Lipinski definition) is 1. The molecule has 1 aromatic rings. The summed E-state index contributed by atoms with van der Waals surface area (Å²) in [4.78, 5) is 0. The van der Waals surface area contributed by atoms with Crippen molar-refractivity contribution in [1.82, 2.24) is 4.57 Å². The second-order valence-electron chi connectivity index (χ2n) is 5.30. The molecule has 0 bridgehead atoms. The molecule has 0 aromatic carbocycles. The van der Waals surface area contributed by atoms with Crippen LogP contribution >= 0.6 is 11.8 Å². The van der Waals surface area contributed by atoms with Gasteiger partial charge >= 0.3 is 0 Å². The van der Waals surface area contributed by atoms with Gasteiger partial charge in [-0.3, -0.25) is 0 Å². The highest BCUT2D eigenvalue weighted by Gasteiger charge is 2.24. The lowest BCUT2D eigenvalue weighted by molar-refractivity contribution is 0.155. The summed E-state index contributed by atoms with van der Waals surface area (Å²) in [5.74, 6) is 2.43. The van der Waals surface area contributed by atoms with E-state index in [1.807, 2.05) is 11.8 Å². The number of thioether (sulfide) groups is 1. The molecule has 2 rings (SSSR count). The summed E-state index contributed by atoms with van der Waals surface area (Å²) in [6.07, 6.45) is 4.16. The summed E-state index contributed by atoms with van der Waals surface area (Å²) in [5, 5.41) is 10.1. The van der Waals surface area contributed by atoms with E-state index in [1.54, 1.807) is 0 Å². The van der Waals surface area contributed by atoms with Crippen molar-refractivity contribution in [2.45, 2.75) is 58.6 Å². The number of fused-ring (bicyclic) bond motifs is 1. The van der Waals surface area contributed by atoms with E-state index in [2.05, 4.69) is 31.4 Å². The van der Waals surface area contributed by atoms with Crippen LogP contribution < -0.4 is 0 Å². The Balaban J connectivity index is 2.17. The molecule has 1 aliphatic rings. The summed E-state index contributed by atoms with van der Waals surface area (Å²) in [7, 11) is 0. The van der Waals surface area contributed by atoms with Crippen LogP contribution in [-0.4, -0.2) is 21.2 Å². The number of aryl methyl sites for hydroxylation is 1. The maximum absolute atomic E-state index is 10.1. The predicted molar refractivity (Wildman–Crippen MR) is 79.4 cm³/mol. The van der Waals surface area contributed by atoms with E-state index in [0.717, 1.165) is 19.3 Å². The third-order valence-corrected chi connectivity index (χ3v) is 4.88. The SMILES string of the molecule is CCSCCC(C)n1c(C)cc2c1CCCC2O. The molecule has 0 radical (unpaired) electrons. The lowest BCUT2D eigenvalue weighted by atomic mass is 9.95. The molecule has 2 nitrogen and oxygen atoms in total. The van der Waals surface area contributed by atoms with Crippen LogP contribution in [0.4, 0.5) is 0 Å². The van der Waals surface area contributed by atoms with Gasteiger partial charge in [-0.25, -0.2) is 0 Å². The third-order valence-electron chi connectivity index (χ3n) is 3.94. The van der Waals surface area contributed by atoms with Gasteiger partial charge in [-0.1, -0.05) is 6.92 Å². The molecule has 0 spiro atoms. The van der Waals surface area contributed by atoms with Gasteiger partial charge < -0.3 is 9.67 Å². The molecule has 2 unspecified atom stereocenters. The molecule has 0 fully saturated rings. The molecule has 0 aliphatic heterocycles. The quantitative estimate of drug-likeness (QED) is 0.819. The minimum atomic E-state index is -0.231. The second kappa shape index (κ2) is 6.16. The number of aliphatic hydroxyl groups is 1. The van der Waals surface area contributed by atoms with Crippen molar-refractivity contribution in [2.75, 3.05) is 11.5 Å². The maximum atomic E-state index is 10.1. The molecule has 1 aliphatic carbocycles. The number of aliphatic hydroxyl groups excluding tert-OH is 1. The van der Waals surface area contributed by atoms with Gasteiger partial charge in [0, 0.05) is 23.0 Å². The lowest BCUT2D eigenvalue weighted by Gasteiger charge is -2.24. The van der Waals surface area contributed by atoms with Crippen LogP contribution in [-0.2, 0) is 6.42 Å². The monoisotopic (exact) mass is 267 g/mol. The average molecular weight is 267 g/mol. The lowest BCUT2D eigenvalue weighted by Crippen LogP contribution is -2.16. The van der Waals surface area contributed by atoms with Crippen LogP contribution in [0, 0.1) is 6.92 Å². The molecule has 102 valence electrons. The molecule has 1 N–H and O–H groups in total. The minimum Gasteiger partial charge on any atom is -0.388 e. The fourth-order valence-corrected chi connectivity index (χ4v) is 3.84. The molecule has 0 saturated carbocycles. The highest BCUT2D eigenvalue weighted by molar-refractivity contribution is 7.99. The molecule has 18 heavy (non-hydrogen) atoms. The van der Waals surface area contributed by atoms with Crippen LogP contribution in [0.15, 0.2) is 6.07 Å². The molecule has 0 saturated heterocycles. The summed E-state index contributed by atoms with van der Waals surface area (Å²) in [5.41, 5.74) is 3.89. The van der Waals surface area contributed by atoms with Gasteiger partial charge in [0.1, 0.15) is 0 Å². The molecule has 1 aromatic heterocycles. The number of aromatic nitrogens is 1. The first kappa shape index (κ1) is 14.0. The van der Waals surface area contributed by atoms with Crippen LogP contribution in [0.3, 0.4) is 0 Å². The first-order valence-corrected chi connectivity index (χ1v) is 8.27. The maximum Gasteiger partial charge on any atom is 0.0807 e. The number of hydrogen-bond acceptors (Lipinski definition) is 2. The molecule has 1 heterocycles. The van der Waals surface area contributed by atoms with E-state index in [0.29, 0.717) is 6.04 Å². The zero-order chi connectivity index (χ0) is 13.1. The van der Waals surface area contributed by atoms with Gasteiger partial charge in [0.05, 0.1) is 6.10 Å². The Hall–Kier alpha value is -0.410. The first-order valence-electron chi connectivity index (χ1n) is 7.11. The fourth-order valence-electron chi connectivity index (χ4n) is 3.04. The van der Waals surface area contributed by atoms with Crippen LogP contribution in [0.2, 0.25) is 0 Å². The Morgan fingerprint density at radius 3 is 3.06 bits per heavy atom. The Morgan fingerprint density at radius 2 is 2.33 bits per heavy atom. The standard InChI is InChI=1S/C15H25NOS/c1-4-18-9-8-11(2)16-12(3)10-13-14(16)6-5-7-15(13)17/h10-11,15,17H,4-9H2,1-3H3. The second-order valence-corrected chi connectivity index (χ2v) is 6.69. The topological polar surface area (TPSA) is 25.2 Å². The molecular formula is C15H25NOS. The Morgan fingerprint density at radius 1 is 1.56 bits per heavy atom.